The van der Waals surface area contributed by atoms with Gasteiger partial charge in [-0.25, -0.2) is 4.99 Å². The first-order chi connectivity index (χ1) is 12.1. The normalized spacial score (nSPS) is 9.76. The second-order valence-electron chi connectivity index (χ2n) is 5.11. The van der Waals surface area contributed by atoms with Gasteiger partial charge in [-0.15, -0.1) is 0 Å². The first-order valence-electron chi connectivity index (χ1n) is 8.13. The minimum atomic E-state index is 0.417. The van der Waals surface area contributed by atoms with E-state index in [0.29, 0.717) is 29.4 Å². The number of aliphatic imine (C=N–C) groups is 1. The number of hydrogen-bond acceptors (Lipinski definition) is 4. The third kappa shape index (κ3) is 6.19. The van der Waals surface area contributed by atoms with Gasteiger partial charge in [0.15, 0.2) is 11.5 Å². The number of ether oxygens (including phenoxy) is 2. The summed E-state index contributed by atoms with van der Waals surface area (Å²) in [6.45, 7) is 4.42. The van der Waals surface area contributed by atoms with Crippen LogP contribution >= 0.6 is 0 Å². The largest absolute Gasteiger partial charge is 0.493 e. The first kappa shape index (κ1) is 20.0. The molecule has 5 heteroatoms. The minimum Gasteiger partial charge on any atom is -0.493 e. The molecule has 0 radical (unpaired) electrons. The van der Waals surface area contributed by atoms with Gasteiger partial charge in [-0.1, -0.05) is 44.2 Å². The highest BCUT2D eigenvalue weighted by molar-refractivity contribution is 5.68. The lowest BCUT2D eigenvalue weighted by atomic mass is 10.1. The quantitative estimate of drug-likeness (QED) is 0.578. The molecule has 0 spiro atoms. The van der Waals surface area contributed by atoms with Crippen LogP contribution in [0.3, 0.4) is 0 Å². The summed E-state index contributed by atoms with van der Waals surface area (Å²) in [5, 5.41) is 9.27. The van der Waals surface area contributed by atoms with Gasteiger partial charge in [-0.3, -0.25) is 0 Å². The molecule has 0 bridgehead atoms. The Kier molecular flexibility index (Phi) is 8.59. The molecule has 0 aromatic heterocycles. The van der Waals surface area contributed by atoms with Crippen LogP contribution in [0, 0.1) is 11.3 Å². The molecule has 0 aliphatic rings. The first-order valence-corrected chi connectivity index (χ1v) is 8.13. The third-order valence-corrected chi connectivity index (χ3v) is 3.07. The van der Waals surface area contributed by atoms with E-state index in [1.54, 1.807) is 30.5 Å². The fraction of sp³-hybridized carbons (Fsp3) is 0.300. The highest BCUT2D eigenvalue weighted by atomic mass is 16.5. The van der Waals surface area contributed by atoms with Crippen LogP contribution in [0.15, 0.2) is 47.5 Å². The molecule has 0 aliphatic carbocycles. The summed E-state index contributed by atoms with van der Waals surface area (Å²) >= 11 is 0. The lowest BCUT2D eigenvalue weighted by molar-refractivity contribution is 0.284. The van der Waals surface area contributed by atoms with E-state index in [9.17, 15) is 5.26 Å². The van der Waals surface area contributed by atoms with Crippen LogP contribution in [0.5, 0.6) is 11.5 Å². The van der Waals surface area contributed by atoms with Crippen molar-refractivity contribution >= 4 is 12.0 Å². The van der Waals surface area contributed by atoms with Gasteiger partial charge in [0.1, 0.15) is 12.7 Å². The molecule has 0 saturated heterocycles. The summed E-state index contributed by atoms with van der Waals surface area (Å²) in [6, 6.07) is 15.3. The van der Waals surface area contributed by atoms with Gasteiger partial charge in [0.2, 0.25) is 0 Å². The fourth-order valence-corrected chi connectivity index (χ4v) is 1.93. The third-order valence-electron chi connectivity index (χ3n) is 3.07. The van der Waals surface area contributed by atoms with Crippen molar-refractivity contribution in [3.05, 3.63) is 53.6 Å². The van der Waals surface area contributed by atoms with Crippen molar-refractivity contribution < 1.29 is 9.47 Å². The Morgan fingerprint density at radius 3 is 2.36 bits per heavy atom. The van der Waals surface area contributed by atoms with Gasteiger partial charge in [0.05, 0.1) is 24.7 Å². The molecule has 2 aromatic carbocycles. The number of hydrogen-bond donors (Lipinski definition) is 0. The molecule has 0 N–H and O–H groups in total. The SMILES string of the molecule is CC.COc1cc(C#N)c(N=CN(C)C)cc1OCc1ccccc1. The lowest BCUT2D eigenvalue weighted by Gasteiger charge is -2.13. The van der Waals surface area contributed by atoms with E-state index in [4.69, 9.17) is 9.47 Å². The summed E-state index contributed by atoms with van der Waals surface area (Å²) in [5.41, 5.74) is 2.04. The standard InChI is InChI=1S/C18H19N3O2.C2H6/c1-21(2)13-20-16-10-18(17(22-3)9-15(16)11-19)23-12-14-7-5-4-6-8-14;1-2/h4-10,13H,12H2,1-3H3;1-2H3. The van der Waals surface area contributed by atoms with Crippen LogP contribution in [-0.4, -0.2) is 32.4 Å². The number of rotatable bonds is 6. The van der Waals surface area contributed by atoms with E-state index in [1.807, 2.05) is 58.3 Å². The molecule has 5 nitrogen and oxygen atoms in total. The van der Waals surface area contributed by atoms with Crippen LogP contribution < -0.4 is 9.47 Å². The minimum absolute atomic E-state index is 0.417. The van der Waals surface area contributed by atoms with Gasteiger partial charge in [0, 0.05) is 26.2 Å². The zero-order valence-corrected chi connectivity index (χ0v) is 15.5. The lowest BCUT2D eigenvalue weighted by Crippen LogP contribution is -2.07. The molecular weight excluding hydrogens is 314 g/mol. The van der Waals surface area contributed by atoms with Gasteiger partial charge in [-0.05, 0) is 5.56 Å². The average Bonchev–Trinajstić information content (AvgIpc) is 2.66. The van der Waals surface area contributed by atoms with Crippen LogP contribution in [-0.2, 0) is 6.61 Å². The van der Waals surface area contributed by atoms with E-state index >= 15 is 0 Å². The number of benzene rings is 2. The summed E-state index contributed by atoms with van der Waals surface area (Å²) in [5.74, 6) is 1.07. The maximum atomic E-state index is 9.27. The summed E-state index contributed by atoms with van der Waals surface area (Å²) in [7, 11) is 5.28. The van der Waals surface area contributed by atoms with E-state index in [2.05, 4.69) is 11.1 Å². The number of methoxy groups -OCH3 is 1. The van der Waals surface area contributed by atoms with Crippen LogP contribution in [0.1, 0.15) is 25.0 Å². The molecule has 2 rings (SSSR count). The zero-order valence-electron chi connectivity index (χ0n) is 15.5. The summed E-state index contributed by atoms with van der Waals surface area (Å²) < 4.78 is 11.2. The van der Waals surface area contributed by atoms with Crippen molar-refractivity contribution in [2.75, 3.05) is 21.2 Å². The molecule has 2 aromatic rings. The van der Waals surface area contributed by atoms with Gasteiger partial charge in [0.25, 0.3) is 0 Å². The highest BCUT2D eigenvalue weighted by Gasteiger charge is 2.11. The monoisotopic (exact) mass is 339 g/mol. The van der Waals surface area contributed by atoms with Crippen LogP contribution in [0.25, 0.3) is 0 Å². The molecule has 0 aliphatic heterocycles. The maximum absolute atomic E-state index is 9.27. The molecule has 0 heterocycles. The average molecular weight is 339 g/mol. The van der Waals surface area contributed by atoms with Crippen molar-refractivity contribution in [1.82, 2.24) is 4.90 Å². The fourth-order valence-electron chi connectivity index (χ4n) is 1.93. The van der Waals surface area contributed by atoms with Crippen molar-refractivity contribution in [2.24, 2.45) is 4.99 Å². The Balaban J connectivity index is 0.00000151. The molecule has 132 valence electrons. The zero-order chi connectivity index (χ0) is 18.7. The Bertz CT molecular complexity index is 720. The Morgan fingerprint density at radius 1 is 1.12 bits per heavy atom. The van der Waals surface area contributed by atoms with Gasteiger partial charge < -0.3 is 14.4 Å². The molecule has 0 amide bonds. The Hall–Kier alpha value is -3.00. The van der Waals surface area contributed by atoms with Crippen molar-refractivity contribution in [3.8, 4) is 17.6 Å². The Morgan fingerprint density at radius 2 is 1.80 bits per heavy atom. The van der Waals surface area contributed by atoms with Crippen LogP contribution in [0.2, 0.25) is 0 Å². The predicted octanol–water partition coefficient (Wildman–Crippen LogP) is 4.39. The molecule has 0 unspecified atom stereocenters. The molecule has 25 heavy (non-hydrogen) atoms. The highest BCUT2D eigenvalue weighted by Crippen LogP contribution is 2.35. The van der Waals surface area contributed by atoms with E-state index in [1.165, 1.54) is 0 Å². The predicted molar refractivity (Wildman–Crippen MR) is 102 cm³/mol. The number of nitrogens with zero attached hydrogens (tertiary/aromatic N) is 3. The topological polar surface area (TPSA) is 57.8 Å². The van der Waals surface area contributed by atoms with E-state index in [0.717, 1.165) is 5.56 Å². The van der Waals surface area contributed by atoms with Crippen molar-refractivity contribution in [1.29, 1.82) is 5.26 Å². The smallest absolute Gasteiger partial charge is 0.163 e. The Labute approximate surface area is 150 Å². The molecule has 0 fully saturated rings. The molecule has 0 saturated carbocycles. The molecular formula is C20H25N3O2. The summed E-state index contributed by atoms with van der Waals surface area (Å²) in [6.07, 6.45) is 1.64. The number of nitriles is 1. The second-order valence-corrected chi connectivity index (χ2v) is 5.11. The van der Waals surface area contributed by atoms with E-state index < -0.39 is 0 Å². The second kappa shape index (κ2) is 10.7. The summed E-state index contributed by atoms with van der Waals surface area (Å²) in [4.78, 5) is 6.11. The van der Waals surface area contributed by atoms with Crippen molar-refractivity contribution in [3.63, 3.8) is 0 Å². The van der Waals surface area contributed by atoms with Crippen LogP contribution in [0.4, 0.5) is 5.69 Å². The molecule has 0 atom stereocenters. The van der Waals surface area contributed by atoms with E-state index in [-0.39, 0.29) is 0 Å². The van der Waals surface area contributed by atoms with Gasteiger partial charge >= 0.3 is 0 Å². The van der Waals surface area contributed by atoms with Gasteiger partial charge in [-0.2, -0.15) is 5.26 Å². The maximum Gasteiger partial charge on any atom is 0.163 e. The van der Waals surface area contributed by atoms with Crippen molar-refractivity contribution in [2.45, 2.75) is 20.5 Å².